The van der Waals surface area contributed by atoms with Crippen molar-refractivity contribution in [2.45, 2.75) is 308 Å². The second kappa shape index (κ2) is 37.4. The number of phenols is 1. The lowest BCUT2D eigenvalue weighted by atomic mass is 9.75. The second-order valence-corrected chi connectivity index (χ2v) is 27.1. The molecule has 4 aromatic rings. The summed E-state index contributed by atoms with van der Waals surface area (Å²) in [6.07, 6.45) is 46.8. The van der Waals surface area contributed by atoms with E-state index in [0.717, 1.165) is 134 Å². The van der Waals surface area contributed by atoms with Crippen molar-refractivity contribution in [1.29, 1.82) is 0 Å². The number of methoxy groups -OCH3 is 3. The molecule has 12 nitrogen and oxygen atoms in total. The molecule has 91 heavy (non-hydrogen) atoms. The molecule has 0 radical (unpaired) electrons. The maximum atomic E-state index is 13.2. The molecule has 4 aliphatic heterocycles. The molecule has 9 rings (SSSR count). The fourth-order valence-corrected chi connectivity index (χ4v) is 15.6. The Balaban J connectivity index is 1.27. The van der Waals surface area contributed by atoms with Crippen molar-refractivity contribution in [3.05, 3.63) is 68.8 Å². The molecule has 0 spiro atoms. The lowest BCUT2D eigenvalue weighted by molar-refractivity contribution is 0.0862. The normalized spacial score (nSPS) is 17.3. The first-order chi connectivity index (χ1) is 44.9. The fourth-order valence-electron chi connectivity index (χ4n) is 15.6. The molecule has 1 N–H and O–H groups in total. The van der Waals surface area contributed by atoms with Crippen LogP contribution >= 0.6 is 0 Å². The van der Waals surface area contributed by atoms with Crippen LogP contribution in [-0.2, 0) is 0 Å². The van der Waals surface area contributed by atoms with E-state index < -0.39 is 0 Å². The average Bonchev–Trinajstić information content (AvgIpc) is 0.769. The summed E-state index contributed by atoms with van der Waals surface area (Å²) in [7, 11) is 5.20. The first kappa shape index (κ1) is 69.8. The number of unbranched alkanes of at least 4 members (excludes halogenated alkanes) is 32. The van der Waals surface area contributed by atoms with Crippen LogP contribution in [0.15, 0.2) is 24.3 Å². The summed E-state index contributed by atoms with van der Waals surface area (Å²) in [6.45, 7) is 8.57. The van der Waals surface area contributed by atoms with E-state index in [1.807, 2.05) is 0 Å². The second-order valence-electron chi connectivity index (χ2n) is 27.1. The minimum absolute atomic E-state index is 0.0258. The van der Waals surface area contributed by atoms with Crippen LogP contribution < -0.4 is 52.1 Å². The molecule has 0 aromatic heterocycles. The van der Waals surface area contributed by atoms with Crippen LogP contribution in [0.1, 0.15) is 353 Å². The van der Waals surface area contributed by atoms with Gasteiger partial charge in [-0.1, -0.05) is 259 Å². The number of phenolic OH excluding ortho intramolecular Hbond substituents is 1. The third-order valence-electron chi connectivity index (χ3n) is 20.6. The Hall–Kier alpha value is -5.52. The standard InChI is InChI=1S/C79H118O12/c1-8-12-16-20-24-28-32-36-40-44-56-60-48-61-57(45-41-37-33-29-25-21-17-13-9-2)63-50-65-59(47-43-39-35-31-27-23-19-15-11-4)67-51-66-58(46-42-38-34-30-26-22-18-14-10-3)64-49-62(56)71-77(81-5)73(64)88-54-90-75(66)79(83-7)76(67)91-55-89-74(65)78(82-6)72(63)87-53-85-70(61)68(80)69(60)84-52-86-71/h48-51,56-59,80H,8-47,52-55H2,1-7H3. The number of hydrogen-bond donors (Lipinski definition) is 1. The maximum absolute atomic E-state index is 13.2. The van der Waals surface area contributed by atoms with Crippen molar-refractivity contribution in [3.8, 4) is 69.0 Å². The highest BCUT2D eigenvalue weighted by Gasteiger charge is 2.42. The molecule has 8 bridgehead atoms. The zero-order chi connectivity index (χ0) is 63.6. The number of hydrogen-bond acceptors (Lipinski definition) is 12. The van der Waals surface area contributed by atoms with Gasteiger partial charge in [0, 0.05) is 68.2 Å². The summed E-state index contributed by atoms with van der Waals surface area (Å²) in [5, 5.41) is 13.2. The van der Waals surface area contributed by atoms with E-state index in [1.165, 1.54) is 167 Å². The number of aromatic hydroxyl groups is 1. The van der Waals surface area contributed by atoms with Gasteiger partial charge in [-0.2, -0.15) is 0 Å². The fraction of sp³-hybridized carbons (Fsp3) is 0.696. The van der Waals surface area contributed by atoms with Gasteiger partial charge in [0.25, 0.3) is 0 Å². The maximum Gasteiger partial charge on any atom is 0.231 e. The molecule has 506 valence electrons. The SMILES string of the molecule is CCCCCCCCCCCC1c2cc3c4c(O)c2OCOc2c1cc1c(c2OC)OCOc2c(cc5c(c2OC)OCOc2c(cc(c(c2OC)OCO4)C3CCCCCCCCCCC)C5CCCCCCCCCCC)C1CCCCCCCCCCC. The van der Waals surface area contributed by atoms with Gasteiger partial charge in [0.1, 0.15) is 0 Å². The highest BCUT2D eigenvalue weighted by Crippen LogP contribution is 2.62. The van der Waals surface area contributed by atoms with Crippen molar-refractivity contribution in [3.63, 3.8) is 0 Å². The predicted octanol–water partition coefficient (Wildman–Crippen LogP) is 22.9. The highest BCUT2D eigenvalue weighted by atomic mass is 16.7. The summed E-state index contributed by atoms with van der Waals surface area (Å²) in [4.78, 5) is 0. The summed E-state index contributed by atoms with van der Waals surface area (Å²) in [6, 6.07) is 9.52. The van der Waals surface area contributed by atoms with Crippen LogP contribution in [0.4, 0.5) is 0 Å². The third-order valence-corrected chi connectivity index (χ3v) is 20.6. The molecule has 0 saturated carbocycles. The largest absolute Gasteiger partial charge is 0.502 e. The highest BCUT2D eigenvalue weighted by molar-refractivity contribution is 5.73. The van der Waals surface area contributed by atoms with Gasteiger partial charge in [-0.25, -0.2) is 0 Å². The van der Waals surface area contributed by atoms with Gasteiger partial charge in [-0.05, 0) is 49.9 Å². The van der Waals surface area contributed by atoms with Crippen LogP contribution in [-0.4, -0.2) is 53.6 Å². The van der Waals surface area contributed by atoms with E-state index in [2.05, 4.69) is 52.0 Å². The van der Waals surface area contributed by atoms with Gasteiger partial charge in [-0.15, -0.1) is 0 Å². The van der Waals surface area contributed by atoms with Gasteiger partial charge in [0.15, 0.2) is 46.0 Å². The Morgan fingerprint density at radius 1 is 0.264 bits per heavy atom. The molecular formula is C79H118O12. The monoisotopic (exact) mass is 1260 g/mol. The van der Waals surface area contributed by atoms with Crippen LogP contribution in [0.3, 0.4) is 0 Å². The summed E-state index contributed by atoms with van der Waals surface area (Å²) < 4.78 is 75.0. The third kappa shape index (κ3) is 17.6. The van der Waals surface area contributed by atoms with Crippen LogP contribution in [0, 0.1) is 0 Å². The van der Waals surface area contributed by atoms with Gasteiger partial charge in [0.2, 0.25) is 50.2 Å². The average molecular weight is 1260 g/mol. The van der Waals surface area contributed by atoms with E-state index in [4.69, 9.17) is 52.1 Å². The lowest BCUT2D eigenvalue weighted by Gasteiger charge is -2.36. The molecule has 4 aromatic carbocycles. The predicted molar refractivity (Wildman–Crippen MR) is 366 cm³/mol. The Morgan fingerprint density at radius 3 is 0.615 bits per heavy atom. The first-order valence-corrected chi connectivity index (χ1v) is 37.1. The Labute approximate surface area is 549 Å². The van der Waals surface area contributed by atoms with E-state index in [-0.39, 0.29) is 56.6 Å². The number of benzene rings is 4. The molecule has 4 unspecified atom stereocenters. The van der Waals surface area contributed by atoms with Crippen molar-refractivity contribution >= 4 is 0 Å². The zero-order valence-corrected chi connectivity index (χ0v) is 57.7. The van der Waals surface area contributed by atoms with Crippen molar-refractivity contribution in [2.75, 3.05) is 48.5 Å². The van der Waals surface area contributed by atoms with Crippen molar-refractivity contribution in [1.82, 2.24) is 0 Å². The zero-order valence-electron chi connectivity index (χ0n) is 57.7. The molecule has 5 aliphatic rings. The van der Waals surface area contributed by atoms with E-state index >= 15 is 0 Å². The van der Waals surface area contributed by atoms with Gasteiger partial charge < -0.3 is 57.2 Å². The molecule has 1 aliphatic carbocycles. The van der Waals surface area contributed by atoms with Crippen LogP contribution in [0.2, 0.25) is 0 Å². The number of ether oxygens (including phenoxy) is 11. The van der Waals surface area contributed by atoms with Gasteiger partial charge in [0.05, 0.1) is 21.3 Å². The van der Waals surface area contributed by atoms with E-state index in [9.17, 15) is 5.11 Å². The minimum atomic E-state index is -0.282. The molecule has 12 heteroatoms. The van der Waals surface area contributed by atoms with Crippen LogP contribution in [0.25, 0.3) is 0 Å². The van der Waals surface area contributed by atoms with E-state index in [1.54, 1.807) is 21.3 Å². The minimum Gasteiger partial charge on any atom is -0.502 e. The van der Waals surface area contributed by atoms with Gasteiger partial charge in [-0.3, -0.25) is 0 Å². The van der Waals surface area contributed by atoms with E-state index in [0.29, 0.717) is 63.2 Å². The quantitative estimate of drug-likeness (QED) is 0.0425. The summed E-state index contributed by atoms with van der Waals surface area (Å²) in [5.74, 6) is 4.98. The summed E-state index contributed by atoms with van der Waals surface area (Å²) in [5.41, 5.74) is 7.95. The molecule has 0 fully saturated rings. The topological polar surface area (TPSA) is 122 Å². The lowest BCUT2D eigenvalue weighted by Crippen LogP contribution is -2.23. The molecule has 4 heterocycles. The Kier molecular flexibility index (Phi) is 28.7. The molecule has 0 amide bonds. The van der Waals surface area contributed by atoms with Crippen molar-refractivity contribution < 1.29 is 57.2 Å². The Morgan fingerprint density at radius 2 is 0.429 bits per heavy atom. The number of rotatable bonds is 43. The first-order valence-electron chi connectivity index (χ1n) is 37.1. The smallest absolute Gasteiger partial charge is 0.231 e. The molecule has 4 atom stereocenters. The van der Waals surface area contributed by atoms with Gasteiger partial charge >= 0.3 is 0 Å². The molecule has 0 saturated heterocycles. The molecular weight excluding hydrogens is 1140 g/mol. The summed E-state index contributed by atoms with van der Waals surface area (Å²) >= 11 is 0. The Bertz CT molecular complexity index is 2660. The van der Waals surface area contributed by atoms with Crippen LogP contribution in [0.5, 0.6) is 69.0 Å². The van der Waals surface area contributed by atoms with Crippen molar-refractivity contribution in [2.24, 2.45) is 0 Å².